The van der Waals surface area contributed by atoms with Gasteiger partial charge in [-0.3, -0.25) is 4.79 Å². The van der Waals surface area contributed by atoms with E-state index >= 15 is 0 Å². The number of rotatable bonds is 7. The van der Waals surface area contributed by atoms with Crippen molar-refractivity contribution >= 4 is 11.9 Å². The fourth-order valence-corrected chi connectivity index (χ4v) is 6.17. The summed E-state index contributed by atoms with van der Waals surface area (Å²) in [6, 6.07) is 3.54. The highest BCUT2D eigenvalue weighted by Gasteiger charge is 2.41. The molecule has 0 N–H and O–H groups in total. The van der Waals surface area contributed by atoms with Crippen molar-refractivity contribution in [2.75, 3.05) is 20.8 Å². The van der Waals surface area contributed by atoms with Crippen LogP contribution in [0.15, 0.2) is 24.3 Å². The number of piperidine rings is 1. The molecule has 2 aliphatic carbocycles. The van der Waals surface area contributed by atoms with Gasteiger partial charge in [0.1, 0.15) is 12.1 Å². The number of esters is 1. The molecule has 6 nitrogen and oxygen atoms in total. The summed E-state index contributed by atoms with van der Waals surface area (Å²) in [7, 11) is 3.27. The first-order chi connectivity index (χ1) is 17.0. The number of nitrogens with zero attached hydrogens (tertiary/aromatic N) is 1. The Kier molecular flexibility index (Phi) is 8.74. The molecule has 1 aromatic rings. The van der Waals surface area contributed by atoms with Crippen LogP contribution in [0.25, 0.3) is 0 Å². The summed E-state index contributed by atoms with van der Waals surface area (Å²) in [5.74, 6) is 1.12. The molecule has 3 aliphatic rings. The Balaban J connectivity index is 1.64. The number of hydrogen-bond acceptors (Lipinski definition) is 5. The van der Waals surface area contributed by atoms with Crippen LogP contribution >= 0.6 is 0 Å². The highest BCUT2D eigenvalue weighted by Crippen LogP contribution is 2.42. The lowest BCUT2D eigenvalue weighted by molar-refractivity contribution is -0.161. The van der Waals surface area contributed by atoms with Crippen LogP contribution < -0.4 is 9.47 Å². The monoisotopic (exact) mass is 483 g/mol. The summed E-state index contributed by atoms with van der Waals surface area (Å²) in [4.78, 5) is 29.4. The summed E-state index contributed by atoms with van der Waals surface area (Å²) < 4.78 is 17.1. The minimum atomic E-state index is -0.501. The van der Waals surface area contributed by atoms with E-state index in [4.69, 9.17) is 14.2 Å². The number of amides is 1. The molecule has 1 aromatic carbocycles. The van der Waals surface area contributed by atoms with Crippen LogP contribution in [0, 0.1) is 12.8 Å². The Morgan fingerprint density at radius 2 is 1.71 bits per heavy atom. The number of benzene rings is 1. The highest BCUT2D eigenvalue weighted by molar-refractivity contribution is 5.89. The number of likely N-dealkylation sites (tertiary alicyclic amines) is 1. The van der Waals surface area contributed by atoms with Crippen LogP contribution in [0.3, 0.4) is 0 Å². The number of methoxy groups -OCH3 is 2. The van der Waals surface area contributed by atoms with Crippen LogP contribution in [-0.4, -0.2) is 49.7 Å². The molecular weight excluding hydrogens is 442 g/mol. The number of ether oxygens (including phenoxy) is 3. The maximum atomic E-state index is 14.3. The first-order valence-corrected chi connectivity index (χ1v) is 13.4. The molecule has 1 aliphatic heterocycles. The fourth-order valence-electron chi connectivity index (χ4n) is 6.17. The minimum Gasteiger partial charge on any atom is -0.493 e. The standard InChI is InChI=1S/C29H41NO5/c1-20-18-22(19-25(33-2)27(20)34-3)26(21-12-6-4-7-13-21)28(31)30-17-11-10-16-24(30)29(32)35-23-14-8-5-9-15-23/h8,14,18-19,21,23-24,26H,4-7,9-13,15-17H2,1-3H3/t23?,24-,26-/m0/s1. The van der Waals surface area contributed by atoms with Gasteiger partial charge < -0.3 is 19.1 Å². The Morgan fingerprint density at radius 1 is 0.943 bits per heavy atom. The second-order valence-electron chi connectivity index (χ2n) is 10.3. The summed E-state index contributed by atoms with van der Waals surface area (Å²) in [6.45, 7) is 2.60. The highest BCUT2D eigenvalue weighted by atomic mass is 16.5. The van der Waals surface area contributed by atoms with Gasteiger partial charge in [-0.25, -0.2) is 4.79 Å². The molecule has 1 saturated heterocycles. The van der Waals surface area contributed by atoms with Gasteiger partial charge in [0.05, 0.1) is 20.1 Å². The number of carbonyl (C=O) groups is 2. The Morgan fingerprint density at radius 3 is 2.40 bits per heavy atom. The molecule has 3 atom stereocenters. The van der Waals surface area contributed by atoms with Gasteiger partial charge in [0.2, 0.25) is 5.91 Å². The fraction of sp³-hybridized carbons (Fsp3) is 0.655. The first kappa shape index (κ1) is 25.6. The lowest BCUT2D eigenvalue weighted by Crippen LogP contribution is -2.51. The molecule has 1 amide bonds. The van der Waals surface area contributed by atoms with Gasteiger partial charge in [-0.15, -0.1) is 0 Å². The third-order valence-electron chi connectivity index (χ3n) is 7.97. The average Bonchev–Trinajstić information content (AvgIpc) is 2.89. The summed E-state index contributed by atoms with van der Waals surface area (Å²) >= 11 is 0. The summed E-state index contributed by atoms with van der Waals surface area (Å²) in [6.07, 6.45) is 14.9. The van der Waals surface area contributed by atoms with E-state index in [-0.39, 0.29) is 29.8 Å². The van der Waals surface area contributed by atoms with Crippen LogP contribution in [0.1, 0.15) is 87.7 Å². The van der Waals surface area contributed by atoms with Crippen molar-refractivity contribution in [2.24, 2.45) is 5.92 Å². The molecule has 192 valence electrons. The number of aryl methyl sites for hydroxylation is 1. The lowest BCUT2D eigenvalue weighted by Gasteiger charge is -2.39. The summed E-state index contributed by atoms with van der Waals surface area (Å²) in [5, 5.41) is 0. The largest absolute Gasteiger partial charge is 0.493 e. The van der Waals surface area contributed by atoms with E-state index < -0.39 is 6.04 Å². The Hall–Kier alpha value is -2.50. The van der Waals surface area contributed by atoms with Crippen LogP contribution in [0.5, 0.6) is 11.5 Å². The van der Waals surface area contributed by atoms with Gasteiger partial charge in [-0.1, -0.05) is 31.4 Å². The zero-order valence-corrected chi connectivity index (χ0v) is 21.6. The van der Waals surface area contributed by atoms with E-state index in [0.717, 1.165) is 68.9 Å². The SMILES string of the molecule is COc1cc([C@@H](C(=O)N2CCCC[C@H]2C(=O)OC2C=CCCC2)C2CCCCC2)cc(C)c1OC. The Bertz CT molecular complexity index is 920. The summed E-state index contributed by atoms with van der Waals surface area (Å²) in [5.41, 5.74) is 1.92. The van der Waals surface area contributed by atoms with Crippen molar-refractivity contribution < 1.29 is 23.8 Å². The number of carbonyl (C=O) groups excluding carboxylic acids is 2. The molecule has 0 spiro atoms. The third-order valence-corrected chi connectivity index (χ3v) is 7.97. The van der Waals surface area contributed by atoms with E-state index in [2.05, 4.69) is 12.1 Å². The van der Waals surface area contributed by atoms with E-state index in [1.807, 2.05) is 24.0 Å². The molecule has 6 heteroatoms. The molecule has 4 rings (SSSR count). The molecule has 1 saturated carbocycles. The zero-order chi connectivity index (χ0) is 24.8. The molecule has 2 fully saturated rings. The van der Waals surface area contributed by atoms with E-state index in [0.29, 0.717) is 24.5 Å². The topological polar surface area (TPSA) is 65.1 Å². The lowest BCUT2D eigenvalue weighted by atomic mass is 9.75. The Labute approximate surface area is 210 Å². The normalized spacial score (nSPS) is 24.0. The molecule has 0 bridgehead atoms. The average molecular weight is 484 g/mol. The van der Waals surface area contributed by atoms with Crippen molar-refractivity contribution in [2.45, 2.75) is 95.6 Å². The van der Waals surface area contributed by atoms with Crippen molar-refractivity contribution in [3.8, 4) is 11.5 Å². The van der Waals surface area contributed by atoms with Crippen LogP contribution in [0.2, 0.25) is 0 Å². The molecule has 35 heavy (non-hydrogen) atoms. The predicted molar refractivity (Wildman–Crippen MR) is 136 cm³/mol. The van der Waals surface area contributed by atoms with Gasteiger partial charge in [-0.2, -0.15) is 0 Å². The smallest absolute Gasteiger partial charge is 0.329 e. The maximum Gasteiger partial charge on any atom is 0.329 e. The van der Waals surface area contributed by atoms with Gasteiger partial charge in [0, 0.05) is 6.54 Å². The second-order valence-corrected chi connectivity index (χ2v) is 10.3. The predicted octanol–water partition coefficient (Wildman–Crippen LogP) is 5.71. The maximum absolute atomic E-state index is 14.3. The molecule has 1 unspecified atom stereocenters. The number of hydrogen-bond donors (Lipinski definition) is 0. The van der Waals surface area contributed by atoms with Gasteiger partial charge in [0.15, 0.2) is 11.5 Å². The molecule has 0 aromatic heterocycles. The minimum absolute atomic E-state index is 0.0596. The van der Waals surface area contributed by atoms with Crippen molar-refractivity contribution in [3.63, 3.8) is 0 Å². The molecule has 1 heterocycles. The number of allylic oxidation sites excluding steroid dienone is 1. The third kappa shape index (κ3) is 5.84. The zero-order valence-electron chi connectivity index (χ0n) is 21.6. The molecule has 0 radical (unpaired) electrons. The quantitative estimate of drug-likeness (QED) is 0.367. The first-order valence-electron chi connectivity index (χ1n) is 13.4. The van der Waals surface area contributed by atoms with Gasteiger partial charge in [-0.05, 0) is 87.5 Å². The van der Waals surface area contributed by atoms with Gasteiger partial charge >= 0.3 is 5.97 Å². The van der Waals surface area contributed by atoms with Gasteiger partial charge in [0.25, 0.3) is 0 Å². The van der Waals surface area contributed by atoms with E-state index in [9.17, 15) is 9.59 Å². The van der Waals surface area contributed by atoms with Crippen LogP contribution in [-0.2, 0) is 14.3 Å². The van der Waals surface area contributed by atoms with Crippen LogP contribution in [0.4, 0.5) is 0 Å². The van der Waals surface area contributed by atoms with Crippen molar-refractivity contribution in [1.82, 2.24) is 4.90 Å². The van der Waals surface area contributed by atoms with E-state index in [1.54, 1.807) is 14.2 Å². The van der Waals surface area contributed by atoms with Crippen molar-refractivity contribution in [3.05, 3.63) is 35.4 Å². The van der Waals surface area contributed by atoms with Crippen molar-refractivity contribution in [1.29, 1.82) is 0 Å². The van der Waals surface area contributed by atoms with E-state index in [1.165, 1.54) is 6.42 Å². The second kappa shape index (κ2) is 12.0. The molecular formula is C29H41NO5.